The summed E-state index contributed by atoms with van der Waals surface area (Å²) in [6, 6.07) is 0.720. The molecule has 18 heavy (non-hydrogen) atoms. The number of hydrogen-bond donors (Lipinski definition) is 1. The van der Waals surface area contributed by atoms with Crippen molar-refractivity contribution in [1.82, 2.24) is 10.2 Å². The van der Waals surface area contributed by atoms with E-state index < -0.39 is 0 Å². The van der Waals surface area contributed by atoms with Crippen molar-refractivity contribution in [3.63, 3.8) is 0 Å². The van der Waals surface area contributed by atoms with Crippen LogP contribution in [0.1, 0.15) is 39.0 Å². The van der Waals surface area contributed by atoms with Crippen LogP contribution in [-0.4, -0.2) is 48.8 Å². The van der Waals surface area contributed by atoms with Gasteiger partial charge in [-0.25, -0.2) is 0 Å². The van der Waals surface area contributed by atoms with E-state index in [9.17, 15) is 0 Å². The van der Waals surface area contributed by atoms with Crippen molar-refractivity contribution < 1.29 is 4.74 Å². The summed E-state index contributed by atoms with van der Waals surface area (Å²) in [6.45, 7) is 7.07. The maximum atomic E-state index is 6.02. The molecule has 1 N–H and O–H groups in total. The van der Waals surface area contributed by atoms with Gasteiger partial charge in [-0.1, -0.05) is 0 Å². The van der Waals surface area contributed by atoms with Gasteiger partial charge in [0.1, 0.15) is 0 Å². The number of piperazine rings is 1. The Bertz CT molecular complexity index is 326. The summed E-state index contributed by atoms with van der Waals surface area (Å²) in [5, 5.41) is 3.79. The smallest absolute Gasteiger partial charge is 0.0759 e. The molecular formula is C15H26N2O. The van der Waals surface area contributed by atoms with Crippen LogP contribution < -0.4 is 5.32 Å². The molecule has 0 aromatic carbocycles. The van der Waals surface area contributed by atoms with Gasteiger partial charge in [-0.2, -0.15) is 0 Å². The third-order valence-corrected chi connectivity index (χ3v) is 5.60. The third-order valence-electron chi connectivity index (χ3n) is 5.60. The fraction of sp³-hybridized carbons (Fsp3) is 1.00. The van der Waals surface area contributed by atoms with Crippen molar-refractivity contribution in [3.8, 4) is 0 Å². The average molecular weight is 250 g/mol. The molecular weight excluding hydrogens is 224 g/mol. The predicted molar refractivity (Wildman–Crippen MR) is 71.6 cm³/mol. The van der Waals surface area contributed by atoms with Gasteiger partial charge in [-0.15, -0.1) is 0 Å². The van der Waals surface area contributed by atoms with E-state index in [4.69, 9.17) is 4.74 Å². The largest absolute Gasteiger partial charge is 0.376 e. The second-order valence-electron chi connectivity index (χ2n) is 7.12. The van der Waals surface area contributed by atoms with Crippen LogP contribution in [0.3, 0.4) is 0 Å². The summed E-state index contributed by atoms with van der Waals surface area (Å²) in [7, 11) is 0. The maximum absolute atomic E-state index is 6.02. The van der Waals surface area contributed by atoms with Crippen LogP contribution in [0, 0.1) is 11.8 Å². The first-order valence-electron chi connectivity index (χ1n) is 7.87. The Morgan fingerprint density at radius 1 is 1.17 bits per heavy atom. The van der Waals surface area contributed by atoms with E-state index in [0.29, 0.717) is 11.6 Å². The molecule has 3 nitrogen and oxygen atoms in total. The normalized spacial score (nSPS) is 46.5. The van der Waals surface area contributed by atoms with E-state index in [0.717, 1.165) is 24.5 Å². The highest BCUT2D eigenvalue weighted by Gasteiger charge is 2.48. The minimum Gasteiger partial charge on any atom is -0.376 e. The van der Waals surface area contributed by atoms with Gasteiger partial charge in [-0.3, -0.25) is 4.90 Å². The molecule has 2 aliphatic carbocycles. The number of rotatable bonds is 3. The van der Waals surface area contributed by atoms with Crippen molar-refractivity contribution in [2.45, 2.75) is 56.7 Å². The molecule has 102 valence electrons. The van der Waals surface area contributed by atoms with Gasteiger partial charge in [0.15, 0.2) is 0 Å². The Labute approximate surface area is 110 Å². The Morgan fingerprint density at radius 3 is 2.72 bits per heavy atom. The van der Waals surface area contributed by atoms with Gasteiger partial charge in [0.2, 0.25) is 0 Å². The molecule has 2 saturated heterocycles. The first-order chi connectivity index (χ1) is 8.76. The molecule has 0 radical (unpaired) electrons. The molecule has 3 atom stereocenters. The molecule has 4 aliphatic rings. The van der Waals surface area contributed by atoms with Crippen LogP contribution in [0.4, 0.5) is 0 Å². The standard InChI is InChI=1S/C15H26N2O/c1-15(12-4-5-12)10-17(8-7-16-15)13-6-9-18-14(13)11-2-3-11/h11-14,16H,2-10H2,1H3. The lowest BCUT2D eigenvalue weighted by Gasteiger charge is -2.45. The van der Waals surface area contributed by atoms with Crippen molar-refractivity contribution in [3.05, 3.63) is 0 Å². The average Bonchev–Trinajstić information content (AvgIpc) is 3.27. The van der Waals surface area contributed by atoms with Gasteiger partial charge < -0.3 is 10.1 Å². The van der Waals surface area contributed by atoms with Gasteiger partial charge in [-0.05, 0) is 50.9 Å². The topological polar surface area (TPSA) is 24.5 Å². The van der Waals surface area contributed by atoms with Crippen LogP contribution >= 0.6 is 0 Å². The van der Waals surface area contributed by atoms with Gasteiger partial charge in [0, 0.05) is 37.8 Å². The van der Waals surface area contributed by atoms with E-state index in [2.05, 4.69) is 17.1 Å². The summed E-state index contributed by atoms with van der Waals surface area (Å²) >= 11 is 0. The first kappa shape index (κ1) is 11.7. The monoisotopic (exact) mass is 250 g/mol. The number of ether oxygens (including phenoxy) is 1. The molecule has 2 aliphatic heterocycles. The van der Waals surface area contributed by atoms with Gasteiger partial charge >= 0.3 is 0 Å². The quantitative estimate of drug-likeness (QED) is 0.824. The molecule has 3 heteroatoms. The molecule has 3 unspecified atom stereocenters. The summed E-state index contributed by atoms with van der Waals surface area (Å²) in [4.78, 5) is 2.75. The molecule has 2 heterocycles. The lowest BCUT2D eigenvalue weighted by molar-refractivity contribution is 0.0203. The highest BCUT2D eigenvalue weighted by atomic mass is 16.5. The van der Waals surface area contributed by atoms with Gasteiger partial charge in [0.05, 0.1) is 6.10 Å². The van der Waals surface area contributed by atoms with Gasteiger partial charge in [0.25, 0.3) is 0 Å². The number of hydrogen-bond acceptors (Lipinski definition) is 3. The van der Waals surface area contributed by atoms with Crippen LogP contribution in [0.15, 0.2) is 0 Å². The molecule has 2 saturated carbocycles. The predicted octanol–water partition coefficient (Wildman–Crippen LogP) is 1.63. The zero-order valence-electron chi connectivity index (χ0n) is 11.5. The lowest BCUT2D eigenvalue weighted by atomic mass is 9.91. The Kier molecular flexibility index (Phi) is 2.72. The highest BCUT2D eigenvalue weighted by Crippen LogP contribution is 2.44. The van der Waals surface area contributed by atoms with E-state index in [-0.39, 0.29) is 0 Å². The fourth-order valence-corrected chi connectivity index (χ4v) is 4.18. The first-order valence-corrected chi connectivity index (χ1v) is 7.87. The third kappa shape index (κ3) is 2.00. The molecule has 0 amide bonds. The zero-order chi connectivity index (χ0) is 12.2. The van der Waals surface area contributed by atoms with Crippen molar-refractivity contribution >= 4 is 0 Å². The number of nitrogens with zero attached hydrogens (tertiary/aromatic N) is 1. The van der Waals surface area contributed by atoms with Crippen LogP contribution in [-0.2, 0) is 4.74 Å². The lowest BCUT2D eigenvalue weighted by Crippen LogP contribution is -2.63. The van der Waals surface area contributed by atoms with Crippen molar-refractivity contribution in [2.24, 2.45) is 11.8 Å². The Balaban J connectivity index is 1.46. The van der Waals surface area contributed by atoms with E-state index >= 15 is 0 Å². The zero-order valence-corrected chi connectivity index (χ0v) is 11.5. The molecule has 0 aromatic heterocycles. The van der Waals surface area contributed by atoms with Crippen LogP contribution in [0.5, 0.6) is 0 Å². The minimum atomic E-state index is 0.384. The summed E-state index contributed by atoms with van der Waals surface area (Å²) < 4.78 is 6.02. The van der Waals surface area contributed by atoms with E-state index in [1.165, 1.54) is 51.7 Å². The summed E-state index contributed by atoms with van der Waals surface area (Å²) in [6.07, 6.45) is 7.52. The molecule has 4 fully saturated rings. The fourth-order valence-electron chi connectivity index (χ4n) is 4.18. The second-order valence-corrected chi connectivity index (χ2v) is 7.12. The SMILES string of the molecule is CC1(C2CC2)CN(C2CCOC2C2CC2)CCN1. The Hall–Kier alpha value is -0.120. The molecule has 0 aromatic rings. The Morgan fingerprint density at radius 2 is 2.00 bits per heavy atom. The maximum Gasteiger partial charge on any atom is 0.0759 e. The minimum absolute atomic E-state index is 0.384. The van der Waals surface area contributed by atoms with Crippen molar-refractivity contribution in [2.75, 3.05) is 26.2 Å². The van der Waals surface area contributed by atoms with Crippen LogP contribution in [0.25, 0.3) is 0 Å². The summed E-state index contributed by atoms with van der Waals surface area (Å²) in [5.74, 6) is 1.82. The van der Waals surface area contributed by atoms with Crippen molar-refractivity contribution in [1.29, 1.82) is 0 Å². The highest BCUT2D eigenvalue weighted by molar-refractivity contribution is 5.05. The van der Waals surface area contributed by atoms with E-state index in [1.807, 2.05) is 0 Å². The summed E-state index contributed by atoms with van der Waals surface area (Å²) in [5.41, 5.74) is 0.384. The second kappa shape index (κ2) is 4.19. The van der Waals surface area contributed by atoms with E-state index in [1.54, 1.807) is 0 Å². The molecule has 0 bridgehead atoms. The molecule has 4 rings (SSSR count). The van der Waals surface area contributed by atoms with Crippen LogP contribution in [0.2, 0.25) is 0 Å². The number of nitrogens with one attached hydrogen (secondary N) is 1. The molecule has 0 spiro atoms.